The van der Waals surface area contributed by atoms with Gasteiger partial charge in [0.15, 0.2) is 0 Å². The molecule has 0 atom stereocenters. The highest BCUT2D eigenvalue weighted by Crippen LogP contribution is 2.19. The molecule has 0 unspecified atom stereocenters. The lowest BCUT2D eigenvalue weighted by molar-refractivity contribution is -0.145. The number of halogens is 1. The molecule has 0 aliphatic carbocycles. The second kappa shape index (κ2) is 6.53. The molecule has 3 N–H and O–H groups in total. The number of carbonyl (C=O) groups is 2. The van der Waals surface area contributed by atoms with Gasteiger partial charge in [0, 0.05) is 18.8 Å². The molecule has 114 valence electrons. The number of hydrogen-bond donors (Lipinski definition) is 2. The first-order valence-corrected chi connectivity index (χ1v) is 6.65. The number of amides is 1. The van der Waals surface area contributed by atoms with Gasteiger partial charge in [0.25, 0.3) is 5.91 Å². The average molecular weight is 296 g/mol. The van der Waals surface area contributed by atoms with Crippen LogP contribution in [0.25, 0.3) is 0 Å². The van der Waals surface area contributed by atoms with Crippen molar-refractivity contribution in [1.82, 2.24) is 4.90 Å². The number of aliphatic carboxylic acids is 1. The number of piperidine rings is 1. The summed E-state index contributed by atoms with van der Waals surface area (Å²) in [5, 5.41) is 8.54. The van der Waals surface area contributed by atoms with Crippen LogP contribution >= 0.6 is 0 Å². The van der Waals surface area contributed by atoms with E-state index in [4.69, 9.17) is 15.6 Å². The molecule has 0 radical (unpaired) electrons. The topological polar surface area (TPSA) is 92.9 Å². The lowest BCUT2D eigenvalue weighted by atomic mass is 10.1. The standard InChI is InChI=1S/C14H17FN2O4/c15-12-7-9(16)1-2-11(12)14(20)17-5-3-10(4-6-17)21-8-13(18)19/h1-2,7,10H,3-6,8,16H2,(H,18,19). The van der Waals surface area contributed by atoms with Crippen LogP contribution in [0.3, 0.4) is 0 Å². The van der Waals surface area contributed by atoms with Crippen molar-refractivity contribution in [3.63, 3.8) is 0 Å². The summed E-state index contributed by atoms with van der Waals surface area (Å²) in [5.41, 5.74) is 5.72. The quantitative estimate of drug-likeness (QED) is 0.812. The predicted octanol–water partition coefficient (Wildman–Crippen LogP) is 1.11. The van der Waals surface area contributed by atoms with Crippen LogP contribution in [-0.2, 0) is 9.53 Å². The summed E-state index contributed by atoms with van der Waals surface area (Å²) in [6.45, 7) is 0.477. The molecule has 7 heteroatoms. The third kappa shape index (κ3) is 3.91. The maximum absolute atomic E-state index is 13.7. The van der Waals surface area contributed by atoms with Gasteiger partial charge in [-0.3, -0.25) is 4.79 Å². The van der Waals surface area contributed by atoms with E-state index in [1.165, 1.54) is 17.0 Å². The van der Waals surface area contributed by atoms with Crippen LogP contribution in [0.1, 0.15) is 23.2 Å². The summed E-state index contributed by atoms with van der Waals surface area (Å²) in [6, 6.07) is 3.98. The molecule has 1 saturated heterocycles. The second-order valence-corrected chi connectivity index (χ2v) is 4.94. The van der Waals surface area contributed by atoms with E-state index in [2.05, 4.69) is 0 Å². The lowest BCUT2D eigenvalue weighted by Crippen LogP contribution is -2.41. The van der Waals surface area contributed by atoms with Crippen molar-refractivity contribution in [1.29, 1.82) is 0 Å². The summed E-state index contributed by atoms with van der Waals surface area (Å²) in [7, 11) is 0. The van der Waals surface area contributed by atoms with Crippen LogP contribution in [-0.4, -0.2) is 47.7 Å². The van der Waals surface area contributed by atoms with Crippen molar-refractivity contribution in [3.8, 4) is 0 Å². The molecular formula is C14H17FN2O4. The Morgan fingerprint density at radius 1 is 1.38 bits per heavy atom. The third-order valence-corrected chi connectivity index (χ3v) is 3.40. The predicted molar refractivity (Wildman–Crippen MR) is 73.3 cm³/mol. The van der Waals surface area contributed by atoms with Crippen LogP contribution in [0.4, 0.5) is 10.1 Å². The van der Waals surface area contributed by atoms with Crippen LogP contribution in [0.15, 0.2) is 18.2 Å². The van der Waals surface area contributed by atoms with Crippen LogP contribution in [0, 0.1) is 5.82 Å². The zero-order valence-corrected chi connectivity index (χ0v) is 11.4. The molecule has 0 saturated carbocycles. The molecule has 1 aromatic carbocycles. The number of carboxylic acid groups (broad SMARTS) is 1. The maximum Gasteiger partial charge on any atom is 0.329 e. The minimum absolute atomic E-state index is 0.00546. The normalized spacial score (nSPS) is 16.0. The molecule has 1 heterocycles. The Hall–Kier alpha value is -2.15. The van der Waals surface area contributed by atoms with Gasteiger partial charge in [0.1, 0.15) is 12.4 Å². The average Bonchev–Trinajstić information content (AvgIpc) is 2.45. The fourth-order valence-corrected chi connectivity index (χ4v) is 2.29. The number of carboxylic acids is 1. The second-order valence-electron chi connectivity index (χ2n) is 4.94. The molecule has 0 aromatic heterocycles. The monoisotopic (exact) mass is 296 g/mol. The summed E-state index contributed by atoms with van der Waals surface area (Å²) >= 11 is 0. The number of rotatable bonds is 4. The van der Waals surface area contributed by atoms with Crippen molar-refractivity contribution in [2.75, 3.05) is 25.4 Å². The number of likely N-dealkylation sites (tertiary alicyclic amines) is 1. The number of hydrogen-bond acceptors (Lipinski definition) is 4. The Balaban J connectivity index is 1.92. The lowest BCUT2D eigenvalue weighted by Gasteiger charge is -2.31. The van der Waals surface area contributed by atoms with Gasteiger partial charge in [-0.25, -0.2) is 9.18 Å². The van der Waals surface area contributed by atoms with Crippen molar-refractivity contribution in [2.24, 2.45) is 0 Å². The molecule has 2 rings (SSSR count). The minimum Gasteiger partial charge on any atom is -0.480 e. The van der Waals surface area contributed by atoms with Crippen LogP contribution < -0.4 is 5.73 Å². The van der Waals surface area contributed by atoms with Gasteiger partial charge in [-0.2, -0.15) is 0 Å². The summed E-state index contributed by atoms with van der Waals surface area (Å²) < 4.78 is 18.9. The van der Waals surface area contributed by atoms with Crippen molar-refractivity contribution >= 4 is 17.6 Å². The van der Waals surface area contributed by atoms with E-state index in [1.807, 2.05) is 0 Å². The number of carbonyl (C=O) groups excluding carboxylic acids is 1. The first-order valence-electron chi connectivity index (χ1n) is 6.65. The number of nitrogens with zero attached hydrogens (tertiary/aromatic N) is 1. The van der Waals surface area contributed by atoms with E-state index >= 15 is 0 Å². The third-order valence-electron chi connectivity index (χ3n) is 3.40. The van der Waals surface area contributed by atoms with Gasteiger partial charge < -0.3 is 20.5 Å². The van der Waals surface area contributed by atoms with E-state index < -0.39 is 11.8 Å². The number of anilines is 1. The highest BCUT2D eigenvalue weighted by molar-refractivity contribution is 5.94. The van der Waals surface area contributed by atoms with E-state index in [0.29, 0.717) is 25.9 Å². The van der Waals surface area contributed by atoms with Gasteiger partial charge in [-0.05, 0) is 31.0 Å². The highest BCUT2D eigenvalue weighted by atomic mass is 19.1. The van der Waals surface area contributed by atoms with Crippen molar-refractivity contribution < 1.29 is 23.8 Å². The molecule has 21 heavy (non-hydrogen) atoms. The molecule has 1 amide bonds. The number of nitrogens with two attached hydrogens (primary N) is 1. The van der Waals surface area contributed by atoms with Gasteiger partial charge in [0.05, 0.1) is 11.7 Å². The minimum atomic E-state index is -1.02. The Kier molecular flexibility index (Phi) is 4.74. The Morgan fingerprint density at radius 2 is 2.05 bits per heavy atom. The summed E-state index contributed by atoms with van der Waals surface area (Å²) in [4.78, 5) is 24.2. The SMILES string of the molecule is Nc1ccc(C(=O)N2CCC(OCC(=O)O)CC2)c(F)c1. The first-order chi connectivity index (χ1) is 9.97. The van der Waals surface area contributed by atoms with E-state index in [9.17, 15) is 14.0 Å². The Bertz CT molecular complexity index is 542. The molecule has 1 fully saturated rings. The van der Waals surface area contributed by atoms with E-state index in [1.54, 1.807) is 0 Å². The molecule has 1 aromatic rings. The Morgan fingerprint density at radius 3 is 2.62 bits per heavy atom. The zero-order valence-electron chi connectivity index (χ0n) is 11.4. The zero-order chi connectivity index (χ0) is 15.4. The Labute approximate surface area is 121 Å². The summed E-state index contributed by atoms with van der Waals surface area (Å²) in [5.74, 6) is -2.04. The molecule has 0 bridgehead atoms. The largest absolute Gasteiger partial charge is 0.480 e. The number of nitrogen functional groups attached to an aromatic ring is 1. The fourth-order valence-electron chi connectivity index (χ4n) is 2.29. The van der Waals surface area contributed by atoms with Gasteiger partial charge in [-0.15, -0.1) is 0 Å². The van der Waals surface area contributed by atoms with Gasteiger partial charge in [0.2, 0.25) is 0 Å². The summed E-state index contributed by atoms with van der Waals surface area (Å²) in [6.07, 6.45) is 0.895. The van der Waals surface area contributed by atoms with Crippen LogP contribution in [0.2, 0.25) is 0 Å². The smallest absolute Gasteiger partial charge is 0.329 e. The first kappa shape index (κ1) is 15.2. The number of benzene rings is 1. The molecule has 0 spiro atoms. The van der Waals surface area contributed by atoms with Crippen LogP contribution in [0.5, 0.6) is 0 Å². The molecular weight excluding hydrogens is 279 g/mol. The van der Waals surface area contributed by atoms with Gasteiger partial charge >= 0.3 is 5.97 Å². The fraction of sp³-hybridized carbons (Fsp3) is 0.429. The molecule has 1 aliphatic rings. The van der Waals surface area contributed by atoms with Gasteiger partial charge in [-0.1, -0.05) is 0 Å². The van der Waals surface area contributed by atoms with Crippen molar-refractivity contribution in [2.45, 2.75) is 18.9 Å². The van der Waals surface area contributed by atoms with Crippen molar-refractivity contribution in [3.05, 3.63) is 29.6 Å². The highest BCUT2D eigenvalue weighted by Gasteiger charge is 2.26. The molecule has 1 aliphatic heterocycles. The molecule has 6 nitrogen and oxygen atoms in total. The maximum atomic E-state index is 13.7. The van der Waals surface area contributed by atoms with E-state index in [0.717, 1.165) is 6.07 Å². The number of ether oxygens (including phenoxy) is 1. The van der Waals surface area contributed by atoms with E-state index in [-0.39, 0.29) is 29.9 Å².